The van der Waals surface area contributed by atoms with Crippen LogP contribution in [0.5, 0.6) is 5.75 Å². The van der Waals surface area contributed by atoms with Crippen LogP contribution in [-0.2, 0) is 11.3 Å². The molecule has 2 N–H and O–H groups in total. The molecule has 0 spiro atoms. The van der Waals surface area contributed by atoms with E-state index in [0.29, 0.717) is 12.6 Å². The zero-order valence-electron chi connectivity index (χ0n) is 15.4. The number of rotatable bonds is 7. The standard InChI is InChI=1S/C19H31N3O2/c1-5-15(3)24-18-11-14(2)8-9-16(18)12-21-19(20-4)22-13-17-7-6-10-23-17/h8-9,11,15,17H,5-7,10,12-13H2,1-4H3,(H2,20,21,22). The van der Waals surface area contributed by atoms with Crippen LogP contribution in [0.2, 0.25) is 0 Å². The Morgan fingerprint density at radius 3 is 2.92 bits per heavy atom. The average Bonchev–Trinajstić information content (AvgIpc) is 3.10. The SMILES string of the molecule is CCC(C)Oc1cc(C)ccc1CNC(=NC)NCC1CCCO1. The van der Waals surface area contributed by atoms with Crippen LogP contribution in [0.1, 0.15) is 44.2 Å². The van der Waals surface area contributed by atoms with E-state index in [0.717, 1.165) is 49.7 Å². The number of hydrogen-bond acceptors (Lipinski definition) is 3. The van der Waals surface area contributed by atoms with Crippen LogP contribution in [0.3, 0.4) is 0 Å². The van der Waals surface area contributed by atoms with Crippen molar-refractivity contribution in [1.29, 1.82) is 0 Å². The highest BCUT2D eigenvalue weighted by Gasteiger charge is 2.15. The highest BCUT2D eigenvalue weighted by Crippen LogP contribution is 2.22. The lowest BCUT2D eigenvalue weighted by molar-refractivity contribution is 0.114. The maximum Gasteiger partial charge on any atom is 0.191 e. The Morgan fingerprint density at radius 2 is 2.25 bits per heavy atom. The second kappa shape index (κ2) is 9.52. The Hall–Kier alpha value is -1.75. The third kappa shape index (κ3) is 5.71. The normalized spacial score (nSPS) is 19.2. The van der Waals surface area contributed by atoms with Gasteiger partial charge in [0.2, 0.25) is 0 Å². The molecule has 0 aromatic heterocycles. The molecule has 5 nitrogen and oxygen atoms in total. The summed E-state index contributed by atoms with van der Waals surface area (Å²) in [5, 5.41) is 6.70. The van der Waals surface area contributed by atoms with Gasteiger partial charge in [0.25, 0.3) is 0 Å². The van der Waals surface area contributed by atoms with Gasteiger partial charge >= 0.3 is 0 Å². The molecule has 0 saturated carbocycles. The quantitative estimate of drug-likeness (QED) is 0.595. The van der Waals surface area contributed by atoms with E-state index in [4.69, 9.17) is 9.47 Å². The molecular weight excluding hydrogens is 302 g/mol. The first kappa shape index (κ1) is 18.6. The molecule has 0 amide bonds. The first-order valence-corrected chi connectivity index (χ1v) is 8.94. The van der Waals surface area contributed by atoms with Gasteiger partial charge in [0, 0.05) is 32.3 Å². The molecule has 2 atom stereocenters. The van der Waals surface area contributed by atoms with E-state index >= 15 is 0 Å². The predicted octanol–water partition coefficient (Wildman–Crippen LogP) is 3.02. The Kier molecular flexibility index (Phi) is 7.37. The van der Waals surface area contributed by atoms with Crippen molar-refractivity contribution in [3.8, 4) is 5.75 Å². The van der Waals surface area contributed by atoms with Gasteiger partial charge in [-0.15, -0.1) is 0 Å². The maximum absolute atomic E-state index is 6.06. The Balaban J connectivity index is 1.91. The molecule has 1 saturated heterocycles. The molecule has 2 unspecified atom stereocenters. The summed E-state index contributed by atoms with van der Waals surface area (Å²) in [5.74, 6) is 1.74. The van der Waals surface area contributed by atoms with Crippen molar-refractivity contribution in [2.24, 2.45) is 4.99 Å². The van der Waals surface area contributed by atoms with Gasteiger partial charge < -0.3 is 20.1 Å². The van der Waals surface area contributed by atoms with Crippen molar-refractivity contribution in [2.45, 2.75) is 58.8 Å². The van der Waals surface area contributed by atoms with Crippen molar-refractivity contribution in [1.82, 2.24) is 10.6 Å². The summed E-state index contributed by atoms with van der Waals surface area (Å²) in [4.78, 5) is 4.29. The monoisotopic (exact) mass is 333 g/mol. The van der Waals surface area contributed by atoms with E-state index in [1.807, 2.05) is 0 Å². The van der Waals surface area contributed by atoms with Crippen molar-refractivity contribution in [3.63, 3.8) is 0 Å². The van der Waals surface area contributed by atoms with Crippen molar-refractivity contribution >= 4 is 5.96 Å². The average molecular weight is 333 g/mol. The van der Waals surface area contributed by atoms with E-state index in [9.17, 15) is 0 Å². The molecule has 1 aromatic rings. The first-order chi connectivity index (χ1) is 11.6. The molecule has 0 radical (unpaired) electrons. The lowest BCUT2D eigenvalue weighted by atomic mass is 10.1. The minimum atomic E-state index is 0.211. The van der Waals surface area contributed by atoms with Crippen LogP contribution in [0.15, 0.2) is 23.2 Å². The maximum atomic E-state index is 6.06. The number of aliphatic imine (C=N–C) groups is 1. The van der Waals surface area contributed by atoms with Gasteiger partial charge in [-0.25, -0.2) is 0 Å². The summed E-state index contributed by atoms with van der Waals surface area (Å²) in [7, 11) is 1.79. The van der Waals surface area contributed by atoms with Crippen LogP contribution in [0, 0.1) is 6.92 Å². The fourth-order valence-electron chi connectivity index (χ4n) is 2.63. The van der Waals surface area contributed by atoms with Crippen LogP contribution in [-0.4, -0.2) is 38.4 Å². The highest BCUT2D eigenvalue weighted by atomic mass is 16.5. The summed E-state index contributed by atoms with van der Waals surface area (Å²) in [6.45, 7) is 8.67. The van der Waals surface area contributed by atoms with Gasteiger partial charge in [-0.1, -0.05) is 19.1 Å². The van der Waals surface area contributed by atoms with Crippen molar-refractivity contribution in [2.75, 3.05) is 20.2 Å². The molecule has 1 aromatic carbocycles. The molecule has 2 rings (SSSR count). The number of benzene rings is 1. The second-order valence-corrected chi connectivity index (χ2v) is 6.39. The zero-order chi connectivity index (χ0) is 17.4. The van der Waals surface area contributed by atoms with Gasteiger partial charge in [0.05, 0.1) is 12.2 Å². The number of aryl methyl sites for hydroxylation is 1. The fraction of sp³-hybridized carbons (Fsp3) is 0.632. The Labute approximate surface area is 145 Å². The summed E-state index contributed by atoms with van der Waals surface area (Å²) in [5.41, 5.74) is 2.35. The molecule has 1 fully saturated rings. The number of hydrogen-bond donors (Lipinski definition) is 2. The summed E-state index contributed by atoms with van der Waals surface area (Å²) in [6.07, 6.45) is 3.77. The molecule has 0 aliphatic carbocycles. The van der Waals surface area contributed by atoms with Gasteiger partial charge in [-0.2, -0.15) is 0 Å². The van der Waals surface area contributed by atoms with Gasteiger partial charge in [0.15, 0.2) is 5.96 Å². The Bertz CT molecular complexity index is 539. The van der Waals surface area contributed by atoms with Crippen LogP contribution in [0.4, 0.5) is 0 Å². The third-order valence-corrected chi connectivity index (χ3v) is 4.32. The topological polar surface area (TPSA) is 54.9 Å². The van der Waals surface area contributed by atoms with Crippen LogP contribution < -0.4 is 15.4 Å². The van der Waals surface area contributed by atoms with Crippen molar-refractivity contribution < 1.29 is 9.47 Å². The Morgan fingerprint density at radius 1 is 1.42 bits per heavy atom. The van der Waals surface area contributed by atoms with Gasteiger partial charge in [-0.05, 0) is 44.7 Å². The van der Waals surface area contributed by atoms with E-state index in [1.165, 1.54) is 5.56 Å². The molecule has 24 heavy (non-hydrogen) atoms. The smallest absolute Gasteiger partial charge is 0.191 e. The van der Waals surface area contributed by atoms with Crippen molar-refractivity contribution in [3.05, 3.63) is 29.3 Å². The summed E-state index contributed by atoms with van der Waals surface area (Å²) in [6, 6.07) is 6.34. The van der Waals surface area contributed by atoms with Crippen LogP contribution in [0.25, 0.3) is 0 Å². The van der Waals surface area contributed by atoms with Crippen LogP contribution >= 0.6 is 0 Å². The fourth-order valence-corrected chi connectivity index (χ4v) is 2.63. The summed E-state index contributed by atoms with van der Waals surface area (Å²) >= 11 is 0. The number of ether oxygens (including phenoxy) is 2. The number of guanidine groups is 1. The summed E-state index contributed by atoms with van der Waals surface area (Å²) < 4.78 is 11.7. The lowest BCUT2D eigenvalue weighted by Gasteiger charge is -2.19. The molecule has 0 bridgehead atoms. The molecule has 1 aliphatic rings. The number of nitrogens with one attached hydrogen (secondary N) is 2. The highest BCUT2D eigenvalue weighted by molar-refractivity contribution is 5.79. The molecule has 5 heteroatoms. The van der Waals surface area contributed by atoms with Gasteiger partial charge in [0.1, 0.15) is 5.75 Å². The van der Waals surface area contributed by atoms with E-state index < -0.39 is 0 Å². The lowest BCUT2D eigenvalue weighted by Crippen LogP contribution is -2.40. The minimum Gasteiger partial charge on any atom is -0.490 e. The number of nitrogens with zero attached hydrogens (tertiary/aromatic N) is 1. The molecule has 134 valence electrons. The first-order valence-electron chi connectivity index (χ1n) is 8.94. The largest absolute Gasteiger partial charge is 0.490 e. The zero-order valence-corrected chi connectivity index (χ0v) is 15.4. The van der Waals surface area contributed by atoms with E-state index in [2.05, 4.69) is 54.6 Å². The molecule has 1 heterocycles. The molecule has 1 aliphatic heterocycles. The minimum absolute atomic E-state index is 0.211. The second-order valence-electron chi connectivity index (χ2n) is 6.39. The van der Waals surface area contributed by atoms with E-state index in [1.54, 1.807) is 7.05 Å². The third-order valence-electron chi connectivity index (χ3n) is 4.32. The van der Waals surface area contributed by atoms with E-state index in [-0.39, 0.29) is 6.10 Å². The molecular formula is C19H31N3O2. The predicted molar refractivity (Wildman–Crippen MR) is 98.7 cm³/mol. The van der Waals surface area contributed by atoms with Gasteiger partial charge in [-0.3, -0.25) is 4.99 Å².